The topological polar surface area (TPSA) is 45.2 Å². The van der Waals surface area contributed by atoms with Gasteiger partial charge in [-0.1, -0.05) is 53.9 Å². The summed E-state index contributed by atoms with van der Waals surface area (Å²) in [4.78, 5) is 4.84. The predicted molar refractivity (Wildman–Crippen MR) is 116 cm³/mol. The molecular weight excluding hydrogens is 391 g/mol. The molecule has 0 bridgehead atoms. The summed E-state index contributed by atoms with van der Waals surface area (Å²) >= 11 is 12.1. The van der Waals surface area contributed by atoms with E-state index in [2.05, 4.69) is 5.32 Å². The van der Waals surface area contributed by atoms with Gasteiger partial charge in [0, 0.05) is 27.2 Å². The molecule has 0 aliphatic carbocycles. The van der Waals surface area contributed by atoms with Crippen molar-refractivity contribution in [2.45, 2.75) is 31.4 Å². The van der Waals surface area contributed by atoms with Crippen LogP contribution in [0.15, 0.2) is 60.7 Å². The number of halogens is 2. The molecule has 144 valence electrons. The molecule has 5 heteroatoms. The first-order valence-corrected chi connectivity index (χ1v) is 10.3. The van der Waals surface area contributed by atoms with Gasteiger partial charge in [-0.15, -0.1) is 0 Å². The Morgan fingerprint density at radius 3 is 1.86 bits per heavy atom. The van der Waals surface area contributed by atoms with Gasteiger partial charge in [-0.2, -0.15) is 0 Å². The van der Waals surface area contributed by atoms with Crippen LogP contribution in [0, 0.1) is 0 Å². The van der Waals surface area contributed by atoms with E-state index in [0.717, 1.165) is 53.9 Å². The Bertz CT molecular complexity index is 872. The van der Waals surface area contributed by atoms with Gasteiger partial charge < -0.3 is 10.4 Å². The molecule has 2 unspecified atom stereocenters. The van der Waals surface area contributed by atoms with Crippen molar-refractivity contribution in [1.29, 1.82) is 0 Å². The molecule has 0 amide bonds. The number of hydrogen-bond acceptors (Lipinski definition) is 3. The van der Waals surface area contributed by atoms with Gasteiger partial charge in [0.15, 0.2) is 0 Å². The second kappa shape index (κ2) is 8.62. The summed E-state index contributed by atoms with van der Waals surface area (Å²) < 4.78 is 0. The molecule has 1 aliphatic heterocycles. The van der Waals surface area contributed by atoms with Crippen molar-refractivity contribution in [2.75, 3.05) is 6.54 Å². The molecule has 1 saturated heterocycles. The van der Waals surface area contributed by atoms with Gasteiger partial charge in [0.1, 0.15) is 0 Å². The standard InChI is InChI=1S/C23H22Cl2N2O/c24-18-8-4-15(5-9-18)21-13-17(23(28)20-3-1-2-12-26-20)14-22(27-21)16-6-10-19(25)11-7-16/h4-11,13-14,20,23,26,28H,1-3,12H2. The van der Waals surface area contributed by atoms with Crippen LogP contribution in [0.4, 0.5) is 0 Å². The van der Waals surface area contributed by atoms with Crippen molar-refractivity contribution >= 4 is 23.2 Å². The number of hydrogen-bond donors (Lipinski definition) is 2. The number of aromatic nitrogens is 1. The Kier molecular flexibility index (Phi) is 5.98. The normalized spacial score (nSPS) is 18.0. The monoisotopic (exact) mass is 412 g/mol. The molecular formula is C23H22Cl2N2O. The minimum Gasteiger partial charge on any atom is -0.387 e. The van der Waals surface area contributed by atoms with Crippen LogP contribution in [0.2, 0.25) is 10.0 Å². The summed E-state index contributed by atoms with van der Waals surface area (Å²) in [6, 6.07) is 19.2. The highest BCUT2D eigenvalue weighted by Crippen LogP contribution is 2.31. The smallest absolute Gasteiger partial charge is 0.0944 e. The lowest BCUT2D eigenvalue weighted by Crippen LogP contribution is -2.38. The number of rotatable bonds is 4. The highest BCUT2D eigenvalue weighted by Gasteiger charge is 2.24. The fraction of sp³-hybridized carbons (Fsp3) is 0.261. The van der Waals surface area contributed by atoms with Crippen molar-refractivity contribution in [1.82, 2.24) is 10.3 Å². The molecule has 3 aromatic rings. The van der Waals surface area contributed by atoms with E-state index in [1.807, 2.05) is 60.7 Å². The molecule has 2 atom stereocenters. The third-order valence-corrected chi connectivity index (χ3v) is 5.70. The summed E-state index contributed by atoms with van der Waals surface area (Å²) in [6.45, 7) is 0.945. The van der Waals surface area contributed by atoms with E-state index in [9.17, 15) is 5.11 Å². The van der Waals surface area contributed by atoms with Crippen LogP contribution in [0.5, 0.6) is 0 Å². The Morgan fingerprint density at radius 2 is 1.39 bits per heavy atom. The van der Waals surface area contributed by atoms with Gasteiger partial charge in [-0.05, 0) is 61.3 Å². The van der Waals surface area contributed by atoms with Crippen LogP contribution in [-0.4, -0.2) is 22.7 Å². The molecule has 2 N–H and O–H groups in total. The molecule has 28 heavy (non-hydrogen) atoms. The van der Waals surface area contributed by atoms with Crippen molar-refractivity contribution in [2.24, 2.45) is 0 Å². The van der Waals surface area contributed by atoms with Crippen molar-refractivity contribution in [3.8, 4) is 22.5 Å². The lowest BCUT2D eigenvalue weighted by Gasteiger charge is -2.28. The first-order chi connectivity index (χ1) is 13.6. The molecule has 0 saturated carbocycles. The van der Waals surface area contributed by atoms with Gasteiger partial charge in [0.2, 0.25) is 0 Å². The zero-order valence-electron chi connectivity index (χ0n) is 15.4. The van der Waals surface area contributed by atoms with Gasteiger partial charge in [0.05, 0.1) is 17.5 Å². The van der Waals surface area contributed by atoms with Crippen LogP contribution in [0.1, 0.15) is 30.9 Å². The van der Waals surface area contributed by atoms with Gasteiger partial charge in [-0.3, -0.25) is 0 Å². The Morgan fingerprint density at radius 1 is 0.857 bits per heavy atom. The zero-order chi connectivity index (χ0) is 19.5. The summed E-state index contributed by atoms with van der Waals surface area (Å²) in [5.74, 6) is 0. The lowest BCUT2D eigenvalue weighted by atomic mass is 9.93. The fourth-order valence-corrected chi connectivity index (χ4v) is 3.89. The summed E-state index contributed by atoms with van der Waals surface area (Å²) in [6.07, 6.45) is 2.68. The molecule has 2 heterocycles. The van der Waals surface area contributed by atoms with E-state index in [1.54, 1.807) is 0 Å². The summed E-state index contributed by atoms with van der Waals surface area (Å²) in [5, 5.41) is 15.9. The van der Waals surface area contributed by atoms with Crippen molar-refractivity contribution < 1.29 is 5.11 Å². The van der Waals surface area contributed by atoms with E-state index < -0.39 is 6.10 Å². The van der Waals surface area contributed by atoms with Crippen LogP contribution in [0.3, 0.4) is 0 Å². The fourth-order valence-electron chi connectivity index (χ4n) is 3.64. The minimum absolute atomic E-state index is 0.0623. The SMILES string of the molecule is OC(c1cc(-c2ccc(Cl)cc2)nc(-c2ccc(Cl)cc2)c1)C1CCCCN1. The molecule has 1 fully saturated rings. The second-order valence-corrected chi connectivity index (χ2v) is 8.06. The Labute approximate surface area is 175 Å². The van der Waals surface area contributed by atoms with Gasteiger partial charge in [0.25, 0.3) is 0 Å². The number of nitrogens with one attached hydrogen (secondary N) is 1. The number of aliphatic hydroxyl groups excluding tert-OH is 1. The molecule has 0 spiro atoms. The van der Waals surface area contributed by atoms with Gasteiger partial charge in [-0.25, -0.2) is 4.98 Å². The average molecular weight is 413 g/mol. The summed E-state index contributed by atoms with van der Waals surface area (Å²) in [7, 11) is 0. The second-order valence-electron chi connectivity index (χ2n) is 7.19. The maximum atomic E-state index is 11.0. The highest BCUT2D eigenvalue weighted by molar-refractivity contribution is 6.30. The van der Waals surface area contributed by atoms with Crippen LogP contribution in [-0.2, 0) is 0 Å². The van der Waals surface area contributed by atoms with Crippen molar-refractivity contribution in [3.05, 3.63) is 76.3 Å². The maximum absolute atomic E-state index is 11.0. The summed E-state index contributed by atoms with van der Waals surface area (Å²) in [5.41, 5.74) is 4.42. The van der Waals surface area contributed by atoms with Crippen LogP contribution >= 0.6 is 23.2 Å². The van der Waals surface area contributed by atoms with Crippen molar-refractivity contribution in [3.63, 3.8) is 0 Å². The molecule has 4 rings (SSSR count). The maximum Gasteiger partial charge on any atom is 0.0944 e. The molecule has 3 nitrogen and oxygen atoms in total. The third-order valence-electron chi connectivity index (χ3n) is 5.20. The van der Waals surface area contributed by atoms with Gasteiger partial charge >= 0.3 is 0 Å². The number of aliphatic hydroxyl groups is 1. The number of nitrogens with zero attached hydrogens (tertiary/aromatic N) is 1. The van der Waals surface area contributed by atoms with E-state index in [4.69, 9.17) is 28.2 Å². The Hall–Kier alpha value is -1.91. The number of piperidine rings is 1. The van der Waals surface area contributed by atoms with E-state index in [0.29, 0.717) is 10.0 Å². The average Bonchev–Trinajstić information content (AvgIpc) is 2.74. The van der Waals surface area contributed by atoms with Crippen LogP contribution in [0.25, 0.3) is 22.5 Å². The quantitative estimate of drug-likeness (QED) is 0.560. The molecule has 2 aromatic carbocycles. The Balaban J connectivity index is 1.78. The first kappa shape index (κ1) is 19.4. The molecule has 1 aromatic heterocycles. The van der Waals surface area contributed by atoms with E-state index >= 15 is 0 Å². The van der Waals surface area contributed by atoms with E-state index in [1.165, 1.54) is 0 Å². The zero-order valence-corrected chi connectivity index (χ0v) is 16.9. The third kappa shape index (κ3) is 4.39. The van der Waals surface area contributed by atoms with E-state index in [-0.39, 0.29) is 6.04 Å². The van der Waals surface area contributed by atoms with Crippen LogP contribution < -0.4 is 5.32 Å². The largest absolute Gasteiger partial charge is 0.387 e. The minimum atomic E-state index is -0.583. The lowest BCUT2D eigenvalue weighted by molar-refractivity contribution is 0.114. The first-order valence-electron chi connectivity index (χ1n) is 9.55. The number of benzene rings is 2. The highest BCUT2D eigenvalue weighted by atomic mass is 35.5. The molecule has 0 radical (unpaired) electrons. The molecule has 1 aliphatic rings. The number of pyridine rings is 1. The predicted octanol–water partition coefficient (Wildman–Crippen LogP) is 5.90.